The van der Waals surface area contributed by atoms with Gasteiger partial charge in [-0.25, -0.2) is 4.39 Å². The Bertz CT molecular complexity index is 807. The van der Waals surface area contributed by atoms with E-state index in [1.807, 2.05) is 18.2 Å². The van der Waals surface area contributed by atoms with Gasteiger partial charge in [0.25, 0.3) is 0 Å². The minimum atomic E-state index is -0.631. The van der Waals surface area contributed by atoms with Gasteiger partial charge in [-0.2, -0.15) is 0 Å². The van der Waals surface area contributed by atoms with Gasteiger partial charge in [0.15, 0.2) is 11.6 Å². The zero-order valence-corrected chi connectivity index (χ0v) is 11.7. The maximum atomic E-state index is 13.3. The first-order valence-electron chi connectivity index (χ1n) is 6.39. The smallest absolute Gasteiger partial charge is 0.165 e. The maximum Gasteiger partial charge on any atom is 0.165 e. The van der Waals surface area contributed by atoms with Crippen LogP contribution in [0.1, 0.15) is 5.56 Å². The fraction of sp³-hybridized carbons (Fsp3) is 0.0625. The molecular weight excluding hydrogens is 291 g/mol. The van der Waals surface area contributed by atoms with Crippen LogP contribution >= 0.6 is 11.6 Å². The number of phenolic OH excluding ortho intramolecular Hbond substituents is 1. The van der Waals surface area contributed by atoms with Crippen LogP contribution in [0.25, 0.3) is 10.9 Å². The molecule has 21 heavy (non-hydrogen) atoms. The molecule has 0 radical (unpaired) electrons. The largest absolute Gasteiger partial charge is 0.505 e. The van der Waals surface area contributed by atoms with Gasteiger partial charge in [-0.1, -0.05) is 17.7 Å². The number of fused-ring (bicyclic) bond motifs is 1. The van der Waals surface area contributed by atoms with Gasteiger partial charge in [-0.05, 0) is 42.0 Å². The number of rotatable bonds is 3. The van der Waals surface area contributed by atoms with E-state index in [0.717, 1.165) is 22.2 Å². The Balaban J connectivity index is 1.88. The lowest BCUT2D eigenvalue weighted by molar-refractivity contribution is 0.432. The summed E-state index contributed by atoms with van der Waals surface area (Å²) in [6.07, 6.45) is 1.70. The molecule has 0 aliphatic heterocycles. The lowest BCUT2D eigenvalue weighted by Gasteiger charge is -2.10. The molecule has 0 atom stereocenters. The zero-order chi connectivity index (χ0) is 14.8. The number of halogens is 2. The van der Waals surface area contributed by atoms with E-state index < -0.39 is 5.82 Å². The summed E-state index contributed by atoms with van der Waals surface area (Å²) in [4.78, 5) is 4.32. The van der Waals surface area contributed by atoms with Gasteiger partial charge >= 0.3 is 0 Å². The van der Waals surface area contributed by atoms with Crippen LogP contribution in [0.4, 0.5) is 10.1 Å². The first kappa shape index (κ1) is 13.6. The Labute approximate surface area is 126 Å². The number of anilines is 1. The average molecular weight is 303 g/mol. The molecule has 3 aromatic rings. The monoisotopic (exact) mass is 302 g/mol. The third-order valence-electron chi connectivity index (χ3n) is 3.21. The summed E-state index contributed by atoms with van der Waals surface area (Å²) in [5.41, 5.74) is 2.32. The van der Waals surface area contributed by atoms with Gasteiger partial charge in [0.1, 0.15) is 0 Å². The van der Waals surface area contributed by atoms with Crippen molar-refractivity contribution in [3.8, 4) is 5.75 Å². The number of phenols is 1. The Morgan fingerprint density at radius 3 is 2.86 bits per heavy atom. The topological polar surface area (TPSA) is 45.1 Å². The van der Waals surface area contributed by atoms with Crippen LogP contribution < -0.4 is 5.32 Å². The van der Waals surface area contributed by atoms with Gasteiger partial charge < -0.3 is 10.4 Å². The second kappa shape index (κ2) is 5.58. The molecule has 3 nitrogen and oxygen atoms in total. The third-order valence-corrected chi connectivity index (χ3v) is 3.54. The molecule has 106 valence electrons. The van der Waals surface area contributed by atoms with Crippen molar-refractivity contribution in [3.05, 3.63) is 65.1 Å². The highest BCUT2D eigenvalue weighted by Gasteiger charge is 2.06. The maximum absolute atomic E-state index is 13.3. The van der Waals surface area contributed by atoms with Crippen LogP contribution in [0, 0.1) is 5.82 Å². The molecule has 0 spiro atoms. The molecule has 1 heterocycles. The fourth-order valence-electron chi connectivity index (χ4n) is 2.14. The van der Waals surface area contributed by atoms with Crippen molar-refractivity contribution in [1.82, 2.24) is 4.98 Å². The molecule has 0 aliphatic rings. The molecule has 2 N–H and O–H groups in total. The highest BCUT2D eigenvalue weighted by molar-refractivity contribution is 6.35. The molecule has 0 unspecified atom stereocenters. The highest BCUT2D eigenvalue weighted by atomic mass is 35.5. The Morgan fingerprint density at radius 1 is 1.19 bits per heavy atom. The quantitative estimate of drug-likeness (QED) is 0.756. The van der Waals surface area contributed by atoms with E-state index in [1.54, 1.807) is 18.3 Å². The van der Waals surface area contributed by atoms with Gasteiger partial charge in [0.2, 0.25) is 0 Å². The molecule has 0 bridgehead atoms. The van der Waals surface area contributed by atoms with Crippen LogP contribution in [0.15, 0.2) is 48.7 Å². The standard InChI is InChI=1S/C16H12ClFN2O/c17-12-4-5-14(16-11(12)2-1-7-19-16)20-9-10-3-6-15(21)13(18)8-10/h1-8,20-21H,9H2. The fourth-order valence-corrected chi connectivity index (χ4v) is 2.35. The lowest BCUT2D eigenvalue weighted by Crippen LogP contribution is -2.01. The summed E-state index contributed by atoms with van der Waals surface area (Å²) in [6, 6.07) is 11.7. The van der Waals surface area contributed by atoms with Crippen molar-refractivity contribution >= 4 is 28.2 Å². The van der Waals surface area contributed by atoms with Crippen LogP contribution in [-0.2, 0) is 6.54 Å². The number of hydrogen-bond acceptors (Lipinski definition) is 3. The predicted octanol–water partition coefficient (Wildman–Crippen LogP) is 4.35. The highest BCUT2D eigenvalue weighted by Crippen LogP contribution is 2.28. The van der Waals surface area contributed by atoms with E-state index in [9.17, 15) is 9.50 Å². The van der Waals surface area contributed by atoms with Crippen molar-refractivity contribution in [2.75, 3.05) is 5.32 Å². The first-order valence-corrected chi connectivity index (χ1v) is 6.77. The minimum absolute atomic E-state index is 0.350. The average Bonchev–Trinajstić information content (AvgIpc) is 2.50. The normalized spacial score (nSPS) is 10.8. The molecular formula is C16H12ClFN2O. The molecule has 0 aliphatic carbocycles. The van der Waals surface area contributed by atoms with Crippen molar-refractivity contribution in [1.29, 1.82) is 0 Å². The predicted molar refractivity (Wildman–Crippen MR) is 82.1 cm³/mol. The summed E-state index contributed by atoms with van der Waals surface area (Å²) in [5, 5.41) is 13.9. The van der Waals surface area contributed by atoms with E-state index in [4.69, 9.17) is 11.6 Å². The van der Waals surface area contributed by atoms with Crippen LogP contribution in [0.2, 0.25) is 5.02 Å². The van der Waals surface area contributed by atoms with E-state index in [-0.39, 0.29) is 5.75 Å². The molecule has 1 aromatic heterocycles. The number of benzene rings is 2. The second-order valence-corrected chi connectivity index (χ2v) is 5.04. The Kier molecular flexibility index (Phi) is 3.62. The number of nitrogens with one attached hydrogen (secondary N) is 1. The molecule has 0 amide bonds. The molecule has 5 heteroatoms. The van der Waals surface area contributed by atoms with E-state index in [2.05, 4.69) is 10.3 Å². The van der Waals surface area contributed by atoms with E-state index >= 15 is 0 Å². The van der Waals surface area contributed by atoms with Crippen molar-refractivity contribution in [3.63, 3.8) is 0 Å². The number of pyridine rings is 1. The summed E-state index contributed by atoms with van der Waals surface area (Å²) in [5.74, 6) is -0.981. The first-order chi connectivity index (χ1) is 10.1. The summed E-state index contributed by atoms with van der Waals surface area (Å²) < 4.78 is 13.3. The SMILES string of the molecule is Oc1ccc(CNc2ccc(Cl)c3cccnc23)cc1F. The number of aromatic nitrogens is 1. The summed E-state index contributed by atoms with van der Waals surface area (Å²) >= 11 is 6.14. The summed E-state index contributed by atoms with van der Waals surface area (Å²) in [7, 11) is 0. The van der Waals surface area contributed by atoms with Crippen LogP contribution in [0.3, 0.4) is 0 Å². The van der Waals surface area contributed by atoms with Crippen molar-refractivity contribution < 1.29 is 9.50 Å². The second-order valence-electron chi connectivity index (χ2n) is 4.63. The molecule has 0 saturated carbocycles. The third kappa shape index (κ3) is 2.76. The van der Waals surface area contributed by atoms with E-state index in [1.165, 1.54) is 12.1 Å². The zero-order valence-electron chi connectivity index (χ0n) is 11.0. The number of aromatic hydroxyl groups is 1. The van der Waals surface area contributed by atoms with Gasteiger partial charge in [-0.3, -0.25) is 4.98 Å². The Hall–Kier alpha value is -2.33. The molecule has 3 rings (SSSR count). The van der Waals surface area contributed by atoms with E-state index in [0.29, 0.717) is 11.6 Å². The van der Waals surface area contributed by atoms with Crippen molar-refractivity contribution in [2.45, 2.75) is 6.54 Å². The van der Waals surface area contributed by atoms with Crippen LogP contribution in [-0.4, -0.2) is 10.1 Å². The minimum Gasteiger partial charge on any atom is -0.505 e. The number of hydrogen-bond donors (Lipinski definition) is 2. The van der Waals surface area contributed by atoms with Crippen molar-refractivity contribution in [2.24, 2.45) is 0 Å². The lowest BCUT2D eigenvalue weighted by atomic mass is 10.1. The Morgan fingerprint density at radius 2 is 2.05 bits per heavy atom. The van der Waals surface area contributed by atoms with Gasteiger partial charge in [0.05, 0.1) is 16.2 Å². The number of nitrogens with zero attached hydrogens (tertiary/aromatic N) is 1. The van der Waals surface area contributed by atoms with Crippen LogP contribution in [0.5, 0.6) is 5.75 Å². The molecule has 2 aromatic carbocycles. The van der Waals surface area contributed by atoms with Gasteiger partial charge in [0, 0.05) is 18.1 Å². The van der Waals surface area contributed by atoms with Gasteiger partial charge in [-0.15, -0.1) is 0 Å². The summed E-state index contributed by atoms with van der Waals surface area (Å²) in [6.45, 7) is 0.421. The molecule has 0 fully saturated rings. The molecule has 0 saturated heterocycles.